The number of halogens is 5. The number of carbonyl (C=O) groups excluding carboxylic acids is 1. The number of hydrazine groups is 2. The first-order chi connectivity index (χ1) is 15.5. The summed E-state index contributed by atoms with van der Waals surface area (Å²) in [5.74, 6) is -4.42. The van der Waals surface area contributed by atoms with Crippen molar-refractivity contribution < 1.29 is 26.7 Å². The molecule has 1 aromatic carbocycles. The average molecular weight is 468 g/mol. The van der Waals surface area contributed by atoms with Crippen LogP contribution in [0.1, 0.15) is 42.0 Å². The highest BCUT2D eigenvalue weighted by Gasteiger charge is 2.45. The number of rotatable bonds is 5. The molecule has 0 unspecified atom stereocenters. The van der Waals surface area contributed by atoms with Crippen molar-refractivity contribution in [1.29, 1.82) is 0 Å². The van der Waals surface area contributed by atoms with Gasteiger partial charge in [0.2, 0.25) is 11.8 Å². The highest BCUT2D eigenvalue weighted by atomic mass is 19.4. The fraction of sp³-hybridized carbons (Fsp3) is 0.381. The van der Waals surface area contributed by atoms with Crippen LogP contribution in [0.4, 0.5) is 27.6 Å². The molecule has 1 aliphatic carbocycles. The van der Waals surface area contributed by atoms with Crippen molar-refractivity contribution in [2.45, 2.75) is 37.3 Å². The Bertz CT molecular complexity index is 1040. The number of nitrogens with zero attached hydrogens (tertiary/aromatic N) is 3. The summed E-state index contributed by atoms with van der Waals surface area (Å²) in [7, 11) is 1.70. The van der Waals surface area contributed by atoms with E-state index >= 15 is 0 Å². The molecule has 0 radical (unpaired) electrons. The Kier molecular flexibility index (Phi) is 5.95. The number of carbonyl (C=O) groups is 1. The van der Waals surface area contributed by atoms with E-state index in [9.17, 15) is 26.7 Å². The summed E-state index contributed by atoms with van der Waals surface area (Å²) in [6, 6.07) is 8.62. The van der Waals surface area contributed by atoms with Crippen molar-refractivity contribution in [2.75, 3.05) is 12.4 Å². The Labute approximate surface area is 186 Å². The van der Waals surface area contributed by atoms with E-state index in [0.717, 1.165) is 23.9 Å². The molecule has 2 heterocycles. The second kappa shape index (κ2) is 8.58. The molecule has 1 amide bonds. The third kappa shape index (κ3) is 5.21. The normalized spacial score (nSPS) is 20.8. The maximum Gasteiger partial charge on any atom is 0.433 e. The maximum absolute atomic E-state index is 13.9. The number of amides is 1. The third-order valence-corrected chi connectivity index (χ3v) is 5.65. The zero-order valence-corrected chi connectivity index (χ0v) is 17.5. The fourth-order valence-corrected chi connectivity index (χ4v) is 4.07. The molecule has 7 nitrogen and oxygen atoms in total. The predicted molar refractivity (Wildman–Crippen MR) is 110 cm³/mol. The van der Waals surface area contributed by atoms with E-state index in [4.69, 9.17) is 0 Å². The lowest BCUT2D eigenvalue weighted by Gasteiger charge is -2.24. The molecular weight excluding hydrogens is 447 g/mol. The van der Waals surface area contributed by atoms with E-state index in [0.29, 0.717) is 11.4 Å². The van der Waals surface area contributed by atoms with Gasteiger partial charge in [-0.2, -0.15) is 13.2 Å². The number of nitrogens with one attached hydrogen (secondary N) is 3. The molecule has 0 spiro atoms. The van der Waals surface area contributed by atoms with Crippen molar-refractivity contribution in [3.8, 4) is 0 Å². The van der Waals surface area contributed by atoms with Crippen LogP contribution in [0, 0.1) is 5.92 Å². The first-order valence-corrected chi connectivity index (χ1v) is 10.2. The number of pyridine rings is 1. The number of hydrogen-bond acceptors (Lipinski definition) is 6. The van der Waals surface area contributed by atoms with E-state index < -0.39 is 42.0 Å². The van der Waals surface area contributed by atoms with Gasteiger partial charge < -0.3 is 5.32 Å². The van der Waals surface area contributed by atoms with Crippen LogP contribution < -0.4 is 16.3 Å². The molecule has 2 aliphatic rings. The molecule has 1 saturated carbocycles. The molecule has 3 N–H and O–H groups in total. The SMILES string of the molecule is CN1N=C(c2ccc([C@@H](C(=O)Nc3ccc(C(F)(F)F)nc3)[C@H]3CCC(F)(F)C3)cc2)NN1. The minimum absolute atomic E-state index is 0.0537. The van der Waals surface area contributed by atoms with E-state index in [1.165, 1.54) is 5.12 Å². The van der Waals surface area contributed by atoms with Crippen LogP contribution in [0.2, 0.25) is 0 Å². The van der Waals surface area contributed by atoms with Gasteiger partial charge in [0.15, 0.2) is 5.84 Å². The van der Waals surface area contributed by atoms with Gasteiger partial charge in [0, 0.05) is 25.5 Å². The van der Waals surface area contributed by atoms with Crippen LogP contribution in [0.3, 0.4) is 0 Å². The zero-order valence-electron chi connectivity index (χ0n) is 17.5. The molecule has 176 valence electrons. The van der Waals surface area contributed by atoms with E-state index in [1.807, 2.05) is 0 Å². The molecule has 4 rings (SSSR count). The lowest BCUT2D eigenvalue weighted by atomic mass is 9.83. The van der Waals surface area contributed by atoms with Crippen molar-refractivity contribution in [1.82, 2.24) is 21.1 Å². The summed E-state index contributed by atoms with van der Waals surface area (Å²) in [6.07, 6.45) is -4.31. The van der Waals surface area contributed by atoms with Gasteiger partial charge in [0.25, 0.3) is 0 Å². The summed E-state index contributed by atoms with van der Waals surface area (Å²) in [4.78, 5) is 16.4. The number of alkyl halides is 5. The van der Waals surface area contributed by atoms with Crippen LogP contribution in [0.5, 0.6) is 0 Å². The van der Waals surface area contributed by atoms with Gasteiger partial charge in [0.05, 0.1) is 17.8 Å². The Hall–Kier alpha value is -3.28. The topological polar surface area (TPSA) is 81.7 Å². The molecule has 1 fully saturated rings. The summed E-state index contributed by atoms with van der Waals surface area (Å²) in [5.41, 5.74) is 5.85. The number of anilines is 1. The van der Waals surface area contributed by atoms with Gasteiger partial charge >= 0.3 is 6.18 Å². The number of hydrazone groups is 1. The van der Waals surface area contributed by atoms with Crippen LogP contribution in [0.25, 0.3) is 0 Å². The smallest absolute Gasteiger partial charge is 0.324 e. The fourth-order valence-electron chi connectivity index (χ4n) is 4.07. The number of hydrogen-bond donors (Lipinski definition) is 3. The number of aromatic nitrogens is 1. The van der Waals surface area contributed by atoms with Gasteiger partial charge in [-0.15, -0.1) is 10.6 Å². The molecular formula is C21H21F5N6O. The molecule has 0 saturated heterocycles. The Morgan fingerprint density at radius 2 is 1.94 bits per heavy atom. The molecule has 2 aromatic rings. The lowest BCUT2D eigenvalue weighted by Crippen LogP contribution is -2.36. The van der Waals surface area contributed by atoms with Gasteiger partial charge in [-0.3, -0.25) is 10.2 Å². The predicted octanol–water partition coefficient (Wildman–Crippen LogP) is 3.87. The van der Waals surface area contributed by atoms with Crippen LogP contribution in [-0.2, 0) is 11.0 Å². The largest absolute Gasteiger partial charge is 0.433 e. The van der Waals surface area contributed by atoms with Crippen LogP contribution in [0.15, 0.2) is 47.7 Å². The van der Waals surface area contributed by atoms with E-state index in [1.54, 1.807) is 31.3 Å². The Balaban J connectivity index is 1.57. The second-order valence-corrected chi connectivity index (χ2v) is 8.09. The average Bonchev–Trinajstić information content (AvgIpc) is 3.33. The summed E-state index contributed by atoms with van der Waals surface area (Å²) in [5, 5.41) is 8.21. The quantitative estimate of drug-likeness (QED) is 0.581. The summed E-state index contributed by atoms with van der Waals surface area (Å²) in [6.45, 7) is 0. The summed E-state index contributed by atoms with van der Waals surface area (Å²) >= 11 is 0. The monoisotopic (exact) mass is 468 g/mol. The standard InChI is InChI=1S/C21H21F5N6O/c1-32-30-18(29-31-32)13-4-2-12(3-5-13)17(14-8-9-20(22,23)10-14)19(33)28-15-6-7-16(27-11-15)21(24,25)26/h2-7,11,14,17,31H,8-10H2,1H3,(H,28,33)(H,29,30)/t14-,17+/m0/s1. The van der Waals surface area contributed by atoms with Gasteiger partial charge in [0.1, 0.15) is 5.69 Å². The minimum atomic E-state index is -4.61. The number of amidine groups is 1. The molecule has 2 atom stereocenters. The van der Waals surface area contributed by atoms with Crippen molar-refractivity contribution in [3.63, 3.8) is 0 Å². The second-order valence-electron chi connectivity index (χ2n) is 8.09. The third-order valence-electron chi connectivity index (χ3n) is 5.65. The van der Waals surface area contributed by atoms with Gasteiger partial charge in [-0.25, -0.2) is 18.9 Å². The van der Waals surface area contributed by atoms with E-state index in [2.05, 4.69) is 26.4 Å². The van der Waals surface area contributed by atoms with Crippen molar-refractivity contribution in [2.24, 2.45) is 11.0 Å². The molecule has 0 bridgehead atoms. The number of benzene rings is 1. The highest BCUT2D eigenvalue weighted by Crippen LogP contribution is 2.45. The van der Waals surface area contributed by atoms with E-state index in [-0.39, 0.29) is 18.5 Å². The Morgan fingerprint density at radius 1 is 1.21 bits per heavy atom. The van der Waals surface area contributed by atoms with Crippen molar-refractivity contribution in [3.05, 3.63) is 59.4 Å². The zero-order chi connectivity index (χ0) is 23.8. The molecule has 12 heteroatoms. The maximum atomic E-state index is 13.9. The van der Waals surface area contributed by atoms with Crippen LogP contribution >= 0.6 is 0 Å². The highest BCUT2D eigenvalue weighted by molar-refractivity contribution is 5.99. The summed E-state index contributed by atoms with van der Waals surface area (Å²) < 4.78 is 66.1. The first kappa shape index (κ1) is 22.9. The molecule has 33 heavy (non-hydrogen) atoms. The van der Waals surface area contributed by atoms with Gasteiger partial charge in [-0.05, 0) is 30.0 Å². The first-order valence-electron chi connectivity index (χ1n) is 10.2. The van der Waals surface area contributed by atoms with Crippen molar-refractivity contribution >= 4 is 17.4 Å². The minimum Gasteiger partial charge on any atom is -0.324 e. The van der Waals surface area contributed by atoms with Crippen LogP contribution in [-0.4, -0.2) is 34.8 Å². The Morgan fingerprint density at radius 3 is 2.45 bits per heavy atom. The molecule has 1 aromatic heterocycles. The van der Waals surface area contributed by atoms with Gasteiger partial charge in [-0.1, -0.05) is 24.3 Å². The molecule has 1 aliphatic heterocycles. The lowest BCUT2D eigenvalue weighted by molar-refractivity contribution is -0.141.